The average Bonchev–Trinajstić information content (AvgIpc) is 2.77. The van der Waals surface area contributed by atoms with Crippen molar-refractivity contribution in [3.05, 3.63) is 84.4 Å². The van der Waals surface area contributed by atoms with Crippen LogP contribution >= 0.6 is 0 Å². The highest BCUT2D eigenvalue weighted by Crippen LogP contribution is 2.30. The number of carbonyl (C=O) groups is 1. The summed E-state index contributed by atoms with van der Waals surface area (Å²) in [5.41, 5.74) is 3.91. The molecule has 3 aromatic rings. The molecule has 0 aromatic heterocycles. The Morgan fingerprint density at radius 2 is 1.68 bits per heavy atom. The van der Waals surface area contributed by atoms with Crippen LogP contribution in [0.15, 0.2) is 78.9 Å². The molecule has 0 bridgehead atoms. The minimum absolute atomic E-state index is 0.0914. The first-order chi connectivity index (χ1) is 13.6. The smallest absolute Gasteiger partial charge is 0.255 e. The van der Waals surface area contributed by atoms with Crippen LogP contribution in [0.5, 0.6) is 5.75 Å². The van der Waals surface area contributed by atoms with Gasteiger partial charge in [0.2, 0.25) is 0 Å². The number of nitrogens with zero attached hydrogens (tertiary/aromatic N) is 1. The van der Waals surface area contributed by atoms with Crippen molar-refractivity contribution in [2.24, 2.45) is 0 Å². The van der Waals surface area contributed by atoms with E-state index in [4.69, 9.17) is 9.47 Å². The van der Waals surface area contributed by atoms with E-state index in [9.17, 15) is 4.79 Å². The molecule has 0 saturated heterocycles. The van der Waals surface area contributed by atoms with Crippen molar-refractivity contribution in [3.63, 3.8) is 0 Å². The van der Waals surface area contributed by atoms with Gasteiger partial charge in [-0.3, -0.25) is 4.79 Å². The van der Waals surface area contributed by atoms with E-state index in [-0.39, 0.29) is 5.91 Å². The zero-order valence-electron chi connectivity index (χ0n) is 16.5. The molecule has 144 valence electrons. The number of carbonyl (C=O) groups excluding carboxylic acids is 1. The largest absolute Gasteiger partial charge is 0.497 e. The van der Waals surface area contributed by atoms with Crippen LogP contribution in [-0.2, 0) is 16.1 Å². The second-order valence-electron chi connectivity index (χ2n) is 6.59. The third-order valence-electron chi connectivity index (χ3n) is 4.66. The maximum Gasteiger partial charge on any atom is 0.255 e. The van der Waals surface area contributed by atoms with Crippen LogP contribution in [0.1, 0.15) is 12.5 Å². The Kier molecular flexibility index (Phi) is 6.45. The van der Waals surface area contributed by atoms with Gasteiger partial charge >= 0.3 is 0 Å². The van der Waals surface area contributed by atoms with Gasteiger partial charge in [0.15, 0.2) is 0 Å². The fraction of sp³-hybridized carbons (Fsp3) is 0.208. The maximum atomic E-state index is 12.9. The number of hydrogen-bond acceptors (Lipinski definition) is 3. The zero-order chi connectivity index (χ0) is 19.9. The molecule has 1 atom stereocenters. The predicted octanol–water partition coefficient (Wildman–Crippen LogP) is 4.93. The fourth-order valence-corrected chi connectivity index (χ4v) is 3.07. The molecule has 3 rings (SSSR count). The van der Waals surface area contributed by atoms with Gasteiger partial charge in [0, 0.05) is 12.6 Å². The van der Waals surface area contributed by atoms with E-state index in [1.54, 1.807) is 26.0 Å². The number of rotatable bonds is 7. The fourth-order valence-electron chi connectivity index (χ4n) is 3.07. The Balaban J connectivity index is 1.72. The standard InChI is InChI=1S/C24H25NO3/c1-18(28-17-19-10-9-13-21(16-19)27-3)24(26)25(2)23-15-8-7-14-22(23)20-11-5-4-6-12-20/h4-16,18H,17H2,1-3H3. The summed E-state index contributed by atoms with van der Waals surface area (Å²) in [5, 5.41) is 0. The van der Waals surface area contributed by atoms with E-state index in [0.717, 1.165) is 28.1 Å². The van der Waals surface area contributed by atoms with Crippen molar-refractivity contribution < 1.29 is 14.3 Å². The molecule has 4 nitrogen and oxygen atoms in total. The summed E-state index contributed by atoms with van der Waals surface area (Å²) in [7, 11) is 3.42. The van der Waals surface area contributed by atoms with Gasteiger partial charge in [-0.2, -0.15) is 0 Å². The molecule has 0 aliphatic rings. The van der Waals surface area contributed by atoms with Crippen molar-refractivity contribution in [2.75, 3.05) is 19.1 Å². The summed E-state index contributed by atoms with van der Waals surface area (Å²) in [6.07, 6.45) is -0.569. The normalized spacial score (nSPS) is 11.7. The molecule has 0 aliphatic heterocycles. The Morgan fingerprint density at radius 1 is 0.964 bits per heavy atom. The van der Waals surface area contributed by atoms with Crippen molar-refractivity contribution in [1.82, 2.24) is 0 Å². The maximum absolute atomic E-state index is 12.9. The average molecular weight is 375 g/mol. The summed E-state index contributed by atoms with van der Waals surface area (Å²) < 4.78 is 11.1. The number of amides is 1. The van der Waals surface area contributed by atoms with E-state index < -0.39 is 6.10 Å². The molecule has 0 N–H and O–H groups in total. The van der Waals surface area contributed by atoms with Crippen LogP contribution in [0.4, 0.5) is 5.69 Å². The lowest BCUT2D eigenvalue weighted by molar-refractivity contribution is -0.129. The van der Waals surface area contributed by atoms with Crippen LogP contribution in [0, 0.1) is 0 Å². The van der Waals surface area contributed by atoms with Crippen molar-refractivity contribution in [1.29, 1.82) is 0 Å². The molecule has 1 unspecified atom stereocenters. The number of ether oxygens (including phenoxy) is 2. The van der Waals surface area contributed by atoms with Crippen LogP contribution in [0.25, 0.3) is 11.1 Å². The number of likely N-dealkylation sites (N-methyl/N-ethyl adjacent to an activating group) is 1. The summed E-state index contributed by atoms with van der Waals surface area (Å²) >= 11 is 0. The van der Waals surface area contributed by atoms with Crippen LogP contribution in [-0.4, -0.2) is 26.2 Å². The lowest BCUT2D eigenvalue weighted by Gasteiger charge is -2.24. The third kappa shape index (κ3) is 4.59. The van der Waals surface area contributed by atoms with Crippen LogP contribution < -0.4 is 9.64 Å². The van der Waals surface area contributed by atoms with E-state index in [1.807, 2.05) is 78.9 Å². The van der Waals surface area contributed by atoms with E-state index in [1.165, 1.54) is 0 Å². The van der Waals surface area contributed by atoms with E-state index >= 15 is 0 Å². The lowest BCUT2D eigenvalue weighted by atomic mass is 10.0. The second-order valence-corrected chi connectivity index (χ2v) is 6.59. The molecular weight excluding hydrogens is 350 g/mol. The molecule has 0 saturated carbocycles. The molecule has 0 aliphatic carbocycles. The molecule has 0 heterocycles. The molecule has 4 heteroatoms. The zero-order valence-corrected chi connectivity index (χ0v) is 16.5. The SMILES string of the molecule is COc1cccc(COC(C)C(=O)N(C)c2ccccc2-c2ccccc2)c1. The molecular formula is C24H25NO3. The molecule has 1 amide bonds. The number of benzene rings is 3. The number of hydrogen-bond donors (Lipinski definition) is 0. The van der Waals surface area contributed by atoms with E-state index in [0.29, 0.717) is 6.61 Å². The first kappa shape index (κ1) is 19.6. The quantitative estimate of drug-likeness (QED) is 0.588. The monoisotopic (exact) mass is 375 g/mol. The summed E-state index contributed by atoms with van der Waals surface area (Å²) in [5.74, 6) is 0.681. The lowest BCUT2D eigenvalue weighted by Crippen LogP contribution is -2.36. The van der Waals surface area contributed by atoms with Gasteiger partial charge in [-0.1, -0.05) is 60.7 Å². The summed E-state index contributed by atoms with van der Waals surface area (Å²) in [6.45, 7) is 2.13. The third-order valence-corrected chi connectivity index (χ3v) is 4.66. The molecule has 28 heavy (non-hydrogen) atoms. The minimum Gasteiger partial charge on any atom is -0.497 e. The van der Waals surface area contributed by atoms with Crippen LogP contribution in [0.3, 0.4) is 0 Å². The first-order valence-electron chi connectivity index (χ1n) is 9.26. The number of para-hydroxylation sites is 1. The highest BCUT2D eigenvalue weighted by Gasteiger charge is 2.21. The highest BCUT2D eigenvalue weighted by molar-refractivity contribution is 5.99. The Bertz CT molecular complexity index is 924. The minimum atomic E-state index is -0.569. The molecule has 3 aromatic carbocycles. The summed E-state index contributed by atoms with van der Waals surface area (Å²) in [4.78, 5) is 14.6. The number of anilines is 1. The molecule has 0 spiro atoms. The van der Waals surface area contributed by atoms with Crippen molar-refractivity contribution in [2.45, 2.75) is 19.6 Å². The van der Waals surface area contributed by atoms with Gasteiger partial charge in [0.25, 0.3) is 5.91 Å². The Hall–Kier alpha value is -3.11. The number of methoxy groups -OCH3 is 1. The van der Waals surface area contributed by atoms with Gasteiger partial charge in [0.05, 0.1) is 19.4 Å². The topological polar surface area (TPSA) is 38.8 Å². The summed E-state index contributed by atoms with van der Waals surface area (Å²) in [6, 6.07) is 25.6. The Morgan fingerprint density at radius 3 is 2.43 bits per heavy atom. The second kappa shape index (κ2) is 9.20. The van der Waals surface area contributed by atoms with Crippen LogP contribution in [0.2, 0.25) is 0 Å². The van der Waals surface area contributed by atoms with E-state index in [2.05, 4.69) is 0 Å². The molecule has 0 fully saturated rings. The van der Waals surface area contributed by atoms with Gasteiger partial charge in [-0.25, -0.2) is 0 Å². The van der Waals surface area contributed by atoms with Gasteiger partial charge < -0.3 is 14.4 Å². The highest BCUT2D eigenvalue weighted by atomic mass is 16.5. The van der Waals surface area contributed by atoms with Gasteiger partial charge in [-0.05, 0) is 36.2 Å². The van der Waals surface area contributed by atoms with Crippen molar-refractivity contribution >= 4 is 11.6 Å². The Labute approximate surface area is 166 Å². The van der Waals surface area contributed by atoms with Gasteiger partial charge in [-0.15, -0.1) is 0 Å². The van der Waals surface area contributed by atoms with Crippen molar-refractivity contribution in [3.8, 4) is 16.9 Å². The predicted molar refractivity (Wildman–Crippen MR) is 113 cm³/mol. The first-order valence-corrected chi connectivity index (χ1v) is 9.26. The molecule has 0 radical (unpaired) electrons. The van der Waals surface area contributed by atoms with Gasteiger partial charge in [0.1, 0.15) is 11.9 Å².